The molecule has 0 saturated carbocycles. The van der Waals surface area contributed by atoms with Gasteiger partial charge in [0.1, 0.15) is 0 Å². The minimum atomic E-state index is -0.292. The summed E-state index contributed by atoms with van der Waals surface area (Å²) >= 11 is 3.47. The van der Waals surface area contributed by atoms with E-state index in [1.165, 1.54) is 32.4 Å². The maximum atomic E-state index is 10.7. The first-order chi connectivity index (χ1) is 6.20. The van der Waals surface area contributed by atoms with E-state index < -0.39 is 0 Å². The predicted octanol–water partition coefficient (Wildman–Crippen LogP) is 3.06. The highest BCUT2D eigenvalue weighted by Gasteiger charge is 1.99. The van der Waals surface area contributed by atoms with Gasteiger partial charge >= 0.3 is 5.97 Å². The number of esters is 1. The van der Waals surface area contributed by atoms with Crippen molar-refractivity contribution >= 4 is 21.9 Å². The van der Waals surface area contributed by atoms with Crippen LogP contribution in [0.5, 0.6) is 0 Å². The van der Waals surface area contributed by atoms with E-state index in [-0.39, 0.29) is 10.8 Å². The molecule has 0 N–H and O–H groups in total. The molecule has 0 rings (SSSR count). The topological polar surface area (TPSA) is 26.3 Å². The zero-order valence-electron chi connectivity index (χ0n) is 8.25. The Labute approximate surface area is 88.5 Å². The van der Waals surface area contributed by atoms with Crippen molar-refractivity contribution in [2.24, 2.45) is 0 Å². The summed E-state index contributed by atoms with van der Waals surface area (Å²) in [5, 5.41) is 0. The first-order valence-corrected chi connectivity index (χ1v) is 5.52. The third-order valence-electron chi connectivity index (χ3n) is 1.73. The molecule has 0 spiro atoms. The molecule has 2 nitrogen and oxygen atoms in total. The number of carbonyl (C=O) groups is 1. The average molecular weight is 249 g/mol. The van der Waals surface area contributed by atoms with Gasteiger partial charge in [-0.1, -0.05) is 48.2 Å². The first kappa shape index (κ1) is 12.7. The summed E-state index contributed by atoms with van der Waals surface area (Å²) in [5.74, 6) is -0.292. The van der Waals surface area contributed by atoms with Gasteiger partial charge in [0.05, 0.1) is 7.11 Å². The van der Waals surface area contributed by atoms with Crippen LogP contribution in [0.1, 0.15) is 32.6 Å². The maximum absolute atomic E-state index is 10.7. The Morgan fingerprint density at radius 2 is 2.23 bits per heavy atom. The SMILES string of the molecule is CCCCCC(Br)/C=C/C(=O)OC. The van der Waals surface area contributed by atoms with Crippen LogP contribution in [0, 0.1) is 0 Å². The molecule has 0 aliphatic rings. The number of alkyl halides is 1. The Kier molecular flexibility index (Phi) is 8.10. The molecule has 0 aromatic rings. The normalized spacial score (nSPS) is 13.2. The third kappa shape index (κ3) is 8.03. The minimum absolute atomic E-state index is 0.290. The van der Waals surface area contributed by atoms with Crippen LogP contribution in [0.15, 0.2) is 12.2 Å². The van der Waals surface area contributed by atoms with Crippen molar-refractivity contribution < 1.29 is 9.53 Å². The highest BCUT2D eigenvalue weighted by atomic mass is 79.9. The molecule has 0 aromatic heterocycles. The molecule has 76 valence electrons. The molecule has 0 fully saturated rings. The number of unbranched alkanes of at least 4 members (excludes halogenated alkanes) is 2. The molecule has 1 atom stereocenters. The second-order valence-corrected chi connectivity index (χ2v) is 4.07. The van der Waals surface area contributed by atoms with Gasteiger partial charge in [0.2, 0.25) is 0 Å². The van der Waals surface area contributed by atoms with Crippen molar-refractivity contribution in [3.05, 3.63) is 12.2 Å². The van der Waals surface area contributed by atoms with Crippen molar-refractivity contribution in [3.63, 3.8) is 0 Å². The maximum Gasteiger partial charge on any atom is 0.330 e. The molecule has 0 amide bonds. The summed E-state index contributed by atoms with van der Waals surface area (Å²) in [5.41, 5.74) is 0. The fourth-order valence-electron chi connectivity index (χ4n) is 0.937. The van der Waals surface area contributed by atoms with E-state index in [9.17, 15) is 4.79 Å². The minimum Gasteiger partial charge on any atom is -0.466 e. The fraction of sp³-hybridized carbons (Fsp3) is 0.700. The third-order valence-corrected chi connectivity index (χ3v) is 2.49. The molecular weight excluding hydrogens is 232 g/mol. The van der Waals surface area contributed by atoms with E-state index in [4.69, 9.17) is 0 Å². The van der Waals surface area contributed by atoms with E-state index in [0.717, 1.165) is 6.42 Å². The van der Waals surface area contributed by atoms with E-state index in [1.807, 2.05) is 6.08 Å². The predicted molar refractivity (Wildman–Crippen MR) is 58.0 cm³/mol. The Bertz CT molecular complexity index is 166. The molecule has 0 saturated heterocycles. The van der Waals surface area contributed by atoms with E-state index in [0.29, 0.717) is 0 Å². The molecule has 0 aliphatic heterocycles. The van der Waals surface area contributed by atoms with Gasteiger partial charge in [-0.15, -0.1) is 0 Å². The molecule has 13 heavy (non-hydrogen) atoms. The largest absolute Gasteiger partial charge is 0.466 e. The van der Waals surface area contributed by atoms with Gasteiger partial charge in [0, 0.05) is 10.9 Å². The summed E-state index contributed by atoms with van der Waals surface area (Å²) < 4.78 is 4.48. The standard InChI is InChI=1S/C10H17BrO2/c1-3-4-5-6-9(11)7-8-10(12)13-2/h7-9H,3-6H2,1-2H3/b8-7+. The fourth-order valence-corrected chi connectivity index (χ4v) is 1.41. The molecule has 0 aromatic carbocycles. The Balaban J connectivity index is 3.54. The second kappa shape index (κ2) is 8.30. The molecule has 0 bridgehead atoms. The monoisotopic (exact) mass is 248 g/mol. The Morgan fingerprint density at radius 1 is 1.54 bits per heavy atom. The zero-order chi connectivity index (χ0) is 10.1. The van der Waals surface area contributed by atoms with Gasteiger partial charge in [0.25, 0.3) is 0 Å². The average Bonchev–Trinajstić information content (AvgIpc) is 2.14. The molecule has 1 unspecified atom stereocenters. The number of halogens is 1. The van der Waals surface area contributed by atoms with Crippen LogP contribution >= 0.6 is 15.9 Å². The molecular formula is C10H17BrO2. The lowest BCUT2D eigenvalue weighted by molar-refractivity contribution is -0.134. The van der Waals surface area contributed by atoms with Crippen LogP contribution in [-0.4, -0.2) is 17.9 Å². The summed E-state index contributed by atoms with van der Waals surface area (Å²) in [6.07, 6.45) is 8.03. The van der Waals surface area contributed by atoms with Gasteiger partial charge in [-0.2, -0.15) is 0 Å². The Hall–Kier alpha value is -0.310. The lowest BCUT2D eigenvalue weighted by Crippen LogP contribution is -1.98. The van der Waals surface area contributed by atoms with Crippen LogP contribution in [-0.2, 0) is 9.53 Å². The van der Waals surface area contributed by atoms with Crippen LogP contribution < -0.4 is 0 Å². The number of carbonyl (C=O) groups excluding carboxylic acids is 1. The summed E-state index contributed by atoms with van der Waals surface area (Å²) in [6.45, 7) is 2.17. The molecule has 0 heterocycles. The van der Waals surface area contributed by atoms with E-state index in [2.05, 4.69) is 27.6 Å². The van der Waals surface area contributed by atoms with Crippen molar-refractivity contribution in [1.82, 2.24) is 0 Å². The number of rotatable bonds is 6. The van der Waals surface area contributed by atoms with Crippen molar-refractivity contribution in [3.8, 4) is 0 Å². The summed E-state index contributed by atoms with van der Waals surface area (Å²) in [7, 11) is 1.38. The first-order valence-electron chi connectivity index (χ1n) is 4.61. The number of allylic oxidation sites excluding steroid dienone is 1. The van der Waals surface area contributed by atoms with Crippen molar-refractivity contribution in [1.29, 1.82) is 0 Å². The van der Waals surface area contributed by atoms with Crippen LogP contribution in [0.4, 0.5) is 0 Å². The highest BCUT2D eigenvalue weighted by Crippen LogP contribution is 2.12. The van der Waals surface area contributed by atoms with Gasteiger partial charge in [-0.25, -0.2) is 4.79 Å². The number of methoxy groups -OCH3 is 1. The Morgan fingerprint density at radius 3 is 2.77 bits per heavy atom. The van der Waals surface area contributed by atoms with Gasteiger partial charge in [-0.05, 0) is 6.42 Å². The van der Waals surface area contributed by atoms with Crippen LogP contribution in [0.3, 0.4) is 0 Å². The molecule has 3 heteroatoms. The highest BCUT2D eigenvalue weighted by molar-refractivity contribution is 9.09. The van der Waals surface area contributed by atoms with Gasteiger partial charge < -0.3 is 4.74 Å². The summed E-state index contributed by atoms with van der Waals surface area (Å²) in [6, 6.07) is 0. The van der Waals surface area contributed by atoms with Gasteiger partial charge in [-0.3, -0.25) is 0 Å². The zero-order valence-corrected chi connectivity index (χ0v) is 9.84. The van der Waals surface area contributed by atoms with Gasteiger partial charge in [0.15, 0.2) is 0 Å². The van der Waals surface area contributed by atoms with E-state index in [1.54, 1.807) is 0 Å². The van der Waals surface area contributed by atoms with Crippen molar-refractivity contribution in [2.45, 2.75) is 37.4 Å². The number of ether oxygens (including phenoxy) is 1. The lowest BCUT2D eigenvalue weighted by Gasteiger charge is -2.02. The van der Waals surface area contributed by atoms with Crippen LogP contribution in [0.2, 0.25) is 0 Å². The number of hydrogen-bond acceptors (Lipinski definition) is 2. The lowest BCUT2D eigenvalue weighted by atomic mass is 10.1. The van der Waals surface area contributed by atoms with Crippen molar-refractivity contribution in [2.75, 3.05) is 7.11 Å². The van der Waals surface area contributed by atoms with E-state index >= 15 is 0 Å². The molecule has 0 radical (unpaired) electrons. The smallest absolute Gasteiger partial charge is 0.330 e. The quantitative estimate of drug-likeness (QED) is 0.313. The number of hydrogen-bond donors (Lipinski definition) is 0. The molecule has 0 aliphatic carbocycles. The van der Waals surface area contributed by atoms with Crippen LogP contribution in [0.25, 0.3) is 0 Å². The second-order valence-electron chi connectivity index (χ2n) is 2.89. The summed E-state index contributed by atoms with van der Waals surface area (Å²) in [4.78, 5) is 11.0.